The summed E-state index contributed by atoms with van der Waals surface area (Å²) in [5, 5.41) is 11.7. The Kier molecular flexibility index (Phi) is 3.18. The molecule has 6 nitrogen and oxygen atoms in total. The standard InChI is InChI=1S/C12H13N3O3/c13-11(16)7-1-2-10-9(5-7)8(6-15-10)3-4-14-12(17)18/h1-2,5-6,14-15H,3-4H2,(H2,13,16)(H,17,18). The van der Waals surface area contributed by atoms with Crippen molar-refractivity contribution in [1.82, 2.24) is 10.3 Å². The van der Waals surface area contributed by atoms with Gasteiger partial charge < -0.3 is 21.1 Å². The lowest BCUT2D eigenvalue weighted by atomic mass is 10.1. The van der Waals surface area contributed by atoms with Crippen LogP contribution in [0.2, 0.25) is 0 Å². The first-order valence-electron chi connectivity index (χ1n) is 5.44. The van der Waals surface area contributed by atoms with Gasteiger partial charge in [-0.2, -0.15) is 0 Å². The van der Waals surface area contributed by atoms with Gasteiger partial charge in [-0.3, -0.25) is 4.79 Å². The lowest BCUT2D eigenvalue weighted by molar-refractivity contribution is 0.100. The predicted molar refractivity (Wildman–Crippen MR) is 66.5 cm³/mol. The molecule has 1 heterocycles. The van der Waals surface area contributed by atoms with E-state index >= 15 is 0 Å². The minimum atomic E-state index is -1.05. The van der Waals surface area contributed by atoms with Crippen LogP contribution in [0.3, 0.4) is 0 Å². The Labute approximate surface area is 103 Å². The van der Waals surface area contributed by atoms with Gasteiger partial charge in [0.05, 0.1) is 0 Å². The van der Waals surface area contributed by atoms with Crippen molar-refractivity contribution in [2.75, 3.05) is 6.54 Å². The van der Waals surface area contributed by atoms with E-state index in [-0.39, 0.29) is 0 Å². The molecule has 0 fully saturated rings. The number of aromatic amines is 1. The minimum absolute atomic E-state index is 0.323. The van der Waals surface area contributed by atoms with E-state index in [1.165, 1.54) is 0 Å². The van der Waals surface area contributed by atoms with E-state index in [0.717, 1.165) is 16.5 Å². The molecule has 0 aliphatic rings. The fourth-order valence-electron chi connectivity index (χ4n) is 1.84. The van der Waals surface area contributed by atoms with Crippen LogP contribution >= 0.6 is 0 Å². The van der Waals surface area contributed by atoms with Gasteiger partial charge >= 0.3 is 6.09 Å². The summed E-state index contributed by atoms with van der Waals surface area (Å²) in [5.41, 5.74) is 7.50. The lowest BCUT2D eigenvalue weighted by Gasteiger charge is -2.01. The monoisotopic (exact) mass is 247 g/mol. The summed E-state index contributed by atoms with van der Waals surface area (Å²) in [7, 11) is 0. The molecule has 0 radical (unpaired) electrons. The van der Waals surface area contributed by atoms with Crippen molar-refractivity contribution in [3.05, 3.63) is 35.5 Å². The molecule has 2 rings (SSSR count). The summed E-state index contributed by atoms with van der Waals surface area (Å²) < 4.78 is 0. The van der Waals surface area contributed by atoms with Crippen LogP contribution in [-0.4, -0.2) is 28.6 Å². The van der Waals surface area contributed by atoms with Crippen molar-refractivity contribution >= 4 is 22.9 Å². The number of rotatable bonds is 4. The highest BCUT2D eigenvalue weighted by molar-refractivity contribution is 5.97. The van der Waals surface area contributed by atoms with Crippen molar-refractivity contribution < 1.29 is 14.7 Å². The van der Waals surface area contributed by atoms with Crippen LogP contribution in [-0.2, 0) is 6.42 Å². The Morgan fingerprint density at radius 3 is 2.83 bits per heavy atom. The molecule has 5 N–H and O–H groups in total. The molecule has 1 aromatic heterocycles. The van der Waals surface area contributed by atoms with Crippen LogP contribution < -0.4 is 11.1 Å². The van der Waals surface area contributed by atoms with Crippen molar-refractivity contribution in [3.63, 3.8) is 0 Å². The van der Waals surface area contributed by atoms with Gasteiger partial charge in [0.1, 0.15) is 0 Å². The zero-order valence-corrected chi connectivity index (χ0v) is 9.56. The van der Waals surface area contributed by atoms with E-state index in [9.17, 15) is 9.59 Å². The maximum absolute atomic E-state index is 11.1. The van der Waals surface area contributed by atoms with Crippen molar-refractivity contribution in [2.45, 2.75) is 6.42 Å². The number of hydrogen-bond acceptors (Lipinski definition) is 2. The summed E-state index contributed by atoms with van der Waals surface area (Å²) in [6.45, 7) is 0.323. The smallest absolute Gasteiger partial charge is 0.404 e. The van der Waals surface area contributed by atoms with Crippen molar-refractivity contribution in [2.24, 2.45) is 5.73 Å². The normalized spacial score (nSPS) is 10.4. The first kappa shape index (κ1) is 12.0. The van der Waals surface area contributed by atoms with Crippen LogP contribution in [0.15, 0.2) is 24.4 Å². The number of aromatic nitrogens is 1. The summed E-state index contributed by atoms with van der Waals surface area (Å²) in [6, 6.07) is 5.15. The summed E-state index contributed by atoms with van der Waals surface area (Å²) in [6.07, 6.45) is 1.31. The quantitative estimate of drug-likeness (QED) is 0.649. The number of carbonyl (C=O) groups excluding carboxylic acids is 1. The molecule has 0 saturated heterocycles. The second-order valence-electron chi connectivity index (χ2n) is 3.92. The van der Waals surface area contributed by atoms with E-state index in [0.29, 0.717) is 18.5 Å². The molecular weight excluding hydrogens is 234 g/mol. The van der Waals surface area contributed by atoms with Crippen LogP contribution in [0.25, 0.3) is 10.9 Å². The van der Waals surface area contributed by atoms with Gasteiger partial charge in [-0.05, 0) is 30.2 Å². The lowest BCUT2D eigenvalue weighted by Crippen LogP contribution is -2.23. The van der Waals surface area contributed by atoms with E-state index in [1.807, 2.05) is 0 Å². The Bertz CT molecular complexity index is 604. The molecule has 2 amide bonds. The second-order valence-corrected chi connectivity index (χ2v) is 3.92. The molecule has 0 aliphatic heterocycles. The third-order valence-corrected chi connectivity index (χ3v) is 2.72. The Balaban J connectivity index is 2.25. The van der Waals surface area contributed by atoms with Gasteiger partial charge in [-0.25, -0.2) is 4.79 Å². The largest absolute Gasteiger partial charge is 0.465 e. The number of nitrogens with two attached hydrogens (primary N) is 1. The number of H-pyrrole nitrogens is 1. The molecule has 0 saturated carbocycles. The Morgan fingerprint density at radius 2 is 2.17 bits per heavy atom. The minimum Gasteiger partial charge on any atom is -0.465 e. The summed E-state index contributed by atoms with van der Waals surface area (Å²) >= 11 is 0. The SMILES string of the molecule is NC(=O)c1ccc2[nH]cc(CCNC(=O)O)c2c1. The molecule has 0 unspecified atom stereocenters. The zero-order chi connectivity index (χ0) is 13.1. The molecule has 94 valence electrons. The van der Waals surface area contributed by atoms with Gasteiger partial charge in [0, 0.05) is 29.2 Å². The van der Waals surface area contributed by atoms with E-state index in [1.54, 1.807) is 24.4 Å². The average molecular weight is 247 g/mol. The highest BCUT2D eigenvalue weighted by atomic mass is 16.4. The number of carboxylic acid groups (broad SMARTS) is 1. The zero-order valence-electron chi connectivity index (χ0n) is 9.56. The van der Waals surface area contributed by atoms with E-state index in [4.69, 9.17) is 10.8 Å². The van der Waals surface area contributed by atoms with Crippen LogP contribution in [0.4, 0.5) is 4.79 Å². The maximum Gasteiger partial charge on any atom is 0.404 e. The summed E-state index contributed by atoms with van der Waals surface area (Å²) in [5.74, 6) is -0.479. The number of primary amides is 1. The van der Waals surface area contributed by atoms with Crippen LogP contribution in [0, 0.1) is 0 Å². The van der Waals surface area contributed by atoms with E-state index < -0.39 is 12.0 Å². The first-order chi connectivity index (χ1) is 8.58. The molecule has 0 atom stereocenters. The molecule has 2 aromatic rings. The van der Waals surface area contributed by atoms with Gasteiger partial charge in [0.2, 0.25) is 5.91 Å². The molecule has 0 bridgehead atoms. The predicted octanol–water partition coefficient (Wildman–Crippen LogP) is 1.08. The Morgan fingerprint density at radius 1 is 1.39 bits per heavy atom. The van der Waals surface area contributed by atoms with Crippen molar-refractivity contribution in [3.8, 4) is 0 Å². The number of nitrogens with one attached hydrogen (secondary N) is 2. The topological polar surface area (TPSA) is 108 Å². The fourth-order valence-corrected chi connectivity index (χ4v) is 1.84. The highest BCUT2D eigenvalue weighted by Crippen LogP contribution is 2.20. The second kappa shape index (κ2) is 4.79. The molecule has 0 spiro atoms. The number of benzene rings is 1. The maximum atomic E-state index is 11.1. The van der Waals surface area contributed by atoms with Crippen molar-refractivity contribution in [1.29, 1.82) is 0 Å². The van der Waals surface area contributed by atoms with Gasteiger partial charge in [-0.15, -0.1) is 0 Å². The highest BCUT2D eigenvalue weighted by Gasteiger charge is 2.07. The fraction of sp³-hybridized carbons (Fsp3) is 0.167. The molecule has 18 heavy (non-hydrogen) atoms. The van der Waals surface area contributed by atoms with Gasteiger partial charge in [0.15, 0.2) is 0 Å². The third-order valence-electron chi connectivity index (χ3n) is 2.72. The van der Waals surface area contributed by atoms with Gasteiger partial charge in [0.25, 0.3) is 0 Å². The summed E-state index contributed by atoms with van der Waals surface area (Å²) in [4.78, 5) is 24.5. The number of hydrogen-bond donors (Lipinski definition) is 4. The van der Waals surface area contributed by atoms with Crippen LogP contribution in [0.5, 0.6) is 0 Å². The third kappa shape index (κ3) is 2.42. The Hall–Kier alpha value is -2.50. The molecular formula is C12H13N3O3. The molecule has 6 heteroatoms. The number of amides is 2. The molecule has 0 aliphatic carbocycles. The number of fused-ring (bicyclic) bond motifs is 1. The first-order valence-corrected chi connectivity index (χ1v) is 5.44. The number of carbonyl (C=O) groups is 2. The van der Waals surface area contributed by atoms with E-state index in [2.05, 4.69) is 10.3 Å². The average Bonchev–Trinajstić information content (AvgIpc) is 2.71. The molecule has 1 aromatic carbocycles. The van der Waals surface area contributed by atoms with Crippen LogP contribution in [0.1, 0.15) is 15.9 Å². The van der Waals surface area contributed by atoms with Gasteiger partial charge in [-0.1, -0.05) is 0 Å².